The van der Waals surface area contributed by atoms with Crippen molar-refractivity contribution in [3.63, 3.8) is 0 Å². The first kappa shape index (κ1) is 23.2. The minimum atomic E-state index is -6.27. The first-order valence-corrected chi connectivity index (χ1v) is 8.19. The molecule has 1 amide bonds. The summed E-state index contributed by atoms with van der Waals surface area (Å²) in [6, 6.07) is 5.73. The Morgan fingerprint density at radius 2 is 1.27 bits per heavy atom. The lowest BCUT2D eigenvalue weighted by atomic mass is 9.90. The minimum Gasteiger partial charge on any atom is -0.478 e. The number of hydrogen-bond acceptors (Lipinski definition) is 2. The summed E-state index contributed by atoms with van der Waals surface area (Å²) in [6.45, 7) is 2.17. The molecule has 11 heteroatoms. The molecule has 2 aromatic carbocycles. The van der Waals surface area contributed by atoms with E-state index in [0.717, 1.165) is 19.9 Å². The molecule has 0 aromatic heterocycles. The van der Waals surface area contributed by atoms with Crippen molar-refractivity contribution < 1.29 is 45.4 Å². The largest absolute Gasteiger partial charge is 0.478 e. The maximum Gasteiger partial charge on any atom is 0.435 e. The summed E-state index contributed by atoms with van der Waals surface area (Å²) in [4.78, 5) is 23.7. The van der Waals surface area contributed by atoms with Crippen LogP contribution in [0.2, 0.25) is 0 Å². The zero-order valence-electron chi connectivity index (χ0n) is 15.4. The predicted octanol–water partition coefficient (Wildman–Crippen LogP) is 5.54. The van der Waals surface area contributed by atoms with E-state index in [1.807, 2.05) is 0 Å². The summed E-state index contributed by atoms with van der Waals surface area (Å²) in [7, 11) is 0. The van der Waals surface area contributed by atoms with Crippen molar-refractivity contribution >= 4 is 17.6 Å². The molecule has 0 aliphatic rings. The summed E-state index contributed by atoms with van der Waals surface area (Å²) in [5, 5.41) is 11.4. The third-order valence-corrected chi connectivity index (χ3v) is 4.35. The number of benzene rings is 2. The van der Waals surface area contributed by atoms with E-state index in [1.165, 1.54) is 18.2 Å². The Balaban J connectivity index is 2.53. The molecule has 30 heavy (non-hydrogen) atoms. The molecule has 0 aliphatic carbocycles. The summed E-state index contributed by atoms with van der Waals surface area (Å²) in [5.74, 6) is -2.37. The van der Waals surface area contributed by atoms with Crippen LogP contribution < -0.4 is 5.32 Å². The predicted molar refractivity (Wildman–Crippen MR) is 92.2 cm³/mol. The van der Waals surface area contributed by atoms with Gasteiger partial charge in [-0.05, 0) is 37.1 Å². The average molecular weight is 437 g/mol. The zero-order valence-corrected chi connectivity index (χ0v) is 15.4. The van der Waals surface area contributed by atoms with Gasteiger partial charge in [0.15, 0.2) is 0 Å². The van der Waals surface area contributed by atoms with Crippen molar-refractivity contribution in [3.8, 4) is 0 Å². The summed E-state index contributed by atoms with van der Waals surface area (Å²) < 4.78 is 92.2. The third-order valence-electron chi connectivity index (χ3n) is 4.35. The number of rotatable bonds is 4. The van der Waals surface area contributed by atoms with Gasteiger partial charge in [-0.15, -0.1) is 0 Å². The fraction of sp³-hybridized carbons (Fsp3) is 0.263. The van der Waals surface area contributed by atoms with Gasteiger partial charge in [-0.25, -0.2) is 9.18 Å². The van der Waals surface area contributed by atoms with Gasteiger partial charge in [0.05, 0.1) is 11.1 Å². The van der Waals surface area contributed by atoms with Gasteiger partial charge in [0.25, 0.3) is 5.91 Å². The van der Waals surface area contributed by atoms with Crippen molar-refractivity contribution in [1.29, 1.82) is 0 Å². The van der Waals surface area contributed by atoms with Gasteiger partial charge in [-0.3, -0.25) is 4.79 Å². The number of alkyl halides is 7. The number of nitrogens with one attached hydrogen (secondary N) is 1. The average Bonchev–Trinajstić information content (AvgIpc) is 2.61. The smallest absolute Gasteiger partial charge is 0.435 e. The van der Waals surface area contributed by atoms with Crippen LogP contribution in [0.3, 0.4) is 0 Å². The van der Waals surface area contributed by atoms with Gasteiger partial charge in [0.2, 0.25) is 0 Å². The molecule has 2 N–H and O–H groups in total. The molecule has 0 saturated carbocycles. The number of hydrogen-bond donors (Lipinski definition) is 2. The number of carbonyl (C=O) groups is 2. The van der Waals surface area contributed by atoms with Gasteiger partial charge in [0, 0.05) is 11.3 Å². The molecule has 2 rings (SSSR count). The monoisotopic (exact) mass is 437 g/mol. The van der Waals surface area contributed by atoms with E-state index in [-0.39, 0.29) is 27.9 Å². The van der Waals surface area contributed by atoms with Crippen LogP contribution in [-0.2, 0) is 5.67 Å². The van der Waals surface area contributed by atoms with Crippen molar-refractivity contribution in [1.82, 2.24) is 0 Å². The van der Waals surface area contributed by atoms with Crippen LogP contribution in [0.15, 0.2) is 36.4 Å². The van der Waals surface area contributed by atoms with Crippen LogP contribution >= 0.6 is 0 Å². The molecule has 0 fully saturated rings. The van der Waals surface area contributed by atoms with Crippen molar-refractivity contribution in [3.05, 3.63) is 64.2 Å². The molecule has 0 heterocycles. The third kappa shape index (κ3) is 3.96. The molecule has 0 spiro atoms. The lowest BCUT2D eigenvalue weighted by Crippen LogP contribution is -2.50. The zero-order chi connectivity index (χ0) is 23.1. The maximum atomic E-state index is 14.3. The van der Waals surface area contributed by atoms with Gasteiger partial charge < -0.3 is 10.4 Å². The lowest BCUT2D eigenvalue weighted by Gasteiger charge is -2.31. The normalized spacial score (nSPS) is 12.6. The second kappa shape index (κ2) is 7.62. The van der Waals surface area contributed by atoms with E-state index < -0.39 is 35.5 Å². The summed E-state index contributed by atoms with van der Waals surface area (Å²) >= 11 is 0. The van der Waals surface area contributed by atoms with E-state index in [2.05, 4.69) is 5.32 Å². The van der Waals surface area contributed by atoms with Crippen LogP contribution in [0.1, 0.15) is 37.4 Å². The molecule has 0 radical (unpaired) electrons. The number of carboxylic acids is 1. The van der Waals surface area contributed by atoms with E-state index in [4.69, 9.17) is 5.11 Å². The number of aromatic carboxylic acids is 1. The summed E-state index contributed by atoms with van der Waals surface area (Å²) in [5.41, 5.74) is -8.65. The fourth-order valence-corrected chi connectivity index (χ4v) is 2.90. The van der Waals surface area contributed by atoms with Crippen molar-refractivity contribution in [2.24, 2.45) is 0 Å². The Bertz CT molecular complexity index is 959. The number of aryl methyl sites for hydroxylation is 2. The maximum absolute atomic E-state index is 14.3. The Morgan fingerprint density at radius 1 is 0.833 bits per heavy atom. The Morgan fingerprint density at radius 3 is 1.67 bits per heavy atom. The topological polar surface area (TPSA) is 66.4 Å². The van der Waals surface area contributed by atoms with Crippen LogP contribution in [0.5, 0.6) is 0 Å². The van der Waals surface area contributed by atoms with Crippen LogP contribution in [0, 0.1) is 13.8 Å². The number of anilines is 1. The molecular weight excluding hydrogens is 423 g/mol. The Kier molecular flexibility index (Phi) is 5.88. The fourth-order valence-electron chi connectivity index (χ4n) is 2.90. The van der Waals surface area contributed by atoms with E-state index in [9.17, 15) is 40.3 Å². The molecule has 162 valence electrons. The highest BCUT2D eigenvalue weighted by Gasteiger charge is 2.73. The lowest BCUT2D eigenvalue weighted by molar-refractivity contribution is -0.348. The molecule has 2 aromatic rings. The highest BCUT2D eigenvalue weighted by atomic mass is 19.4. The number of amides is 1. The van der Waals surface area contributed by atoms with E-state index >= 15 is 0 Å². The summed E-state index contributed by atoms with van der Waals surface area (Å²) in [6.07, 6.45) is -12.5. The molecule has 0 bridgehead atoms. The SMILES string of the molecule is Cc1cc(C(F)(C(F)(F)F)C(F)(F)F)cc(C)c1NC(=O)c1ccccc1C(=O)O. The van der Waals surface area contributed by atoms with Crippen molar-refractivity contribution in [2.45, 2.75) is 31.9 Å². The molecule has 0 saturated heterocycles. The quantitative estimate of drug-likeness (QED) is 0.617. The highest BCUT2D eigenvalue weighted by Crippen LogP contribution is 2.53. The second-order valence-corrected chi connectivity index (χ2v) is 6.44. The number of carbonyl (C=O) groups excluding carboxylic acids is 1. The number of carboxylic acid groups (broad SMARTS) is 1. The van der Waals surface area contributed by atoms with Gasteiger partial charge in [-0.2, -0.15) is 26.3 Å². The molecule has 4 nitrogen and oxygen atoms in total. The van der Waals surface area contributed by atoms with E-state index in [1.54, 1.807) is 0 Å². The minimum absolute atomic E-state index is 0.171. The standard InChI is InChI=1S/C19H14F7NO3/c1-9-7-11(17(20,18(21,22)23)19(24,25)26)8-10(2)14(9)27-15(28)12-5-3-4-6-13(12)16(29)30/h3-8H,1-2H3,(H,27,28)(H,29,30). The highest BCUT2D eigenvalue weighted by molar-refractivity contribution is 6.11. The molecule has 0 atom stereocenters. The van der Waals surface area contributed by atoms with Gasteiger partial charge in [0.1, 0.15) is 0 Å². The van der Waals surface area contributed by atoms with Gasteiger partial charge in [-0.1, -0.05) is 24.3 Å². The first-order chi connectivity index (χ1) is 13.6. The second-order valence-electron chi connectivity index (χ2n) is 6.44. The van der Waals surface area contributed by atoms with Gasteiger partial charge >= 0.3 is 24.0 Å². The van der Waals surface area contributed by atoms with Crippen LogP contribution in [-0.4, -0.2) is 29.3 Å². The Labute approximate surface area is 165 Å². The molecule has 0 aliphatic heterocycles. The van der Waals surface area contributed by atoms with Crippen LogP contribution in [0.4, 0.5) is 36.4 Å². The molecule has 0 unspecified atom stereocenters. The van der Waals surface area contributed by atoms with E-state index in [0.29, 0.717) is 12.1 Å². The Hall–Kier alpha value is -3.11. The van der Waals surface area contributed by atoms with Crippen molar-refractivity contribution in [2.75, 3.05) is 5.32 Å². The molecular formula is C19H14F7NO3. The first-order valence-electron chi connectivity index (χ1n) is 8.19. The van der Waals surface area contributed by atoms with Crippen LogP contribution in [0.25, 0.3) is 0 Å². The number of halogens is 7.